The summed E-state index contributed by atoms with van der Waals surface area (Å²) in [7, 11) is 0. The summed E-state index contributed by atoms with van der Waals surface area (Å²) in [5.41, 5.74) is -1.02. The summed E-state index contributed by atoms with van der Waals surface area (Å²) in [6.07, 6.45) is -1.22. The zero-order chi connectivity index (χ0) is 15.0. The largest absolute Gasteiger partial charge is 0.481 e. The highest BCUT2D eigenvalue weighted by atomic mass is 19.4. The number of halogens is 3. The van der Waals surface area contributed by atoms with E-state index in [1.165, 1.54) is 6.07 Å². The van der Waals surface area contributed by atoms with E-state index in [-0.39, 0.29) is 6.42 Å². The third-order valence-electron chi connectivity index (χ3n) is 2.58. The molecule has 0 unspecified atom stereocenters. The number of anilines is 1. The fourth-order valence-electron chi connectivity index (χ4n) is 1.55. The van der Waals surface area contributed by atoms with Gasteiger partial charge in [0.1, 0.15) is 5.82 Å². The van der Waals surface area contributed by atoms with Crippen molar-refractivity contribution in [2.45, 2.75) is 38.3 Å². The van der Waals surface area contributed by atoms with Crippen LogP contribution in [0.5, 0.6) is 0 Å². The number of carbonyl (C=O) groups is 1. The average Bonchev–Trinajstić information content (AvgIpc) is 2.37. The van der Waals surface area contributed by atoms with Crippen LogP contribution in [0.3, 0.4) is 0 Å². The van der Waals surface area contributed by atoms with E-state index in [2.05, 4.69) is 15.5 Å². The molecule has 0 saturated heterocycles. The molecule has 1 rings (SSSR count). The maximum atomic E-state index is 12.2. The molecule has 0 fully saturated rings. The van der Waals surface area contributed by atoms with Crippen LogP contribution in [0.4, 0.5) is 19.0 Å². The Morgan fingerprint density at radius 2 is 1.85 bits per heavy atom. The zero-order valence-electron chi connectivity index (χ0n) is 10.8. The third-order valence-corrected chi connectivity index (χ3v) is 2.58. The lowest BCUT2D eigenvalue weighted by Gasteiger charge is -2.07. The number of aliphatic carboxylic acids is 1. The molecule has 8 heteroatoms. The quantitative estimate of drug-likeness (QED) is 0.720. The van der Waals surface area contributed by atoms with Crippen LogP contribution in [0.15, 0.2) is 12.1 Å². The molecule has 0 radical (unpaired) electrons. The van der Waals surface area contributed by atoms with Crippen molar-refractivity contribution in [3.05, 3.63) is 17.8 Å². The predicted molar refractivity (Wildman–Crippen MR) is 66.2 cm³/mol. The van der Waals surface area contributed by atoms with E-state index in [0.717, 1.165) is 25.3 Å². The minimum Gasteiger partial charge on any atom is -0.481 e. The van der Waals surface area contributed by atoms with E-state index in [1.807, 2.05) is 0 Å². The lowest BCUT2D eigenvalue weighted by atomic mass is 10.1. The van der Waals surface area contributed by atoms with Crippen molar-refractivity contribution in [1.29, 1.82) is 0 Å². The van der Waals surface area contributed by atoms with Crippen LogP contribution in [0.1, 0.15) is 37.8 Å². The Bertz CT molecular complexity index is 421. The molecule has 5 nitrogen and oxygen atoms in total. The molecule has 0 aliphatic heterocycles. The molecule has 0 atom stereocenters. The molecule has 0 aliphatic rings. The number of nitrogens with zero attached hydrogens (tertiary/aromatic N) is 2. The maximum absolute atomic E-state index is 12.2. The molecule has 0 aromatic carbocycles. The molecular weight excluding hydrogens is 275 g/mol. The molecule has 112 valence electrons. The standard InChI is InChI=1S/C12H16F3N3O2/c13-12(14,15)9-6-7-10(18-17-9)16-8-4-2-1-3-5-11(19)20/h6-7H,1-5,8H2,(H,16,18)(H,19,20). The summed E-state index contributed by atoms with van der Waals surface area (Å²) in [6, 6.07) is 2.11. The molecule has 0 spiro atoms. The Balaban J connectivity index is 2.18. The van der Waals surface area contributed by atoms with Crippen LogP contribution in [0, 0.1) is 0 Å². The van der Waals surface area contributed by atoms with Crippen LogP contribution in [0.25, 0.3) is 0 Å². The van der Waals surface area contributed by atoms with Crippen molar-refractivity contribution in [3.8, 4) is 0 Å². The number of unbranched alkanes of at least 4 members (excludes halogenated alkanes) is 3. The zero-order valence-corrected chi connectivity index (χ0v) is 10.8. The minimum atomic E-state index is -4.48. The molecule has 1 aromatic heterocycles. The fraction of sp³-hybridized carbons (Fsp3) is 0.583. The number of carboxylic acid groups (broad SMARTS) is 1. The van der Waals surface area contributed by atoms with Crippen molar-refractivity contribution < 1.29 is 23.1 Å². The van der Waals surface area contributed by atoms with Gasteiger partial charge in [0, 0.05) is 13.0 Å². The predicted octanol–water partition coefficient (Wildman–Crippen LogP) is 2.94. The first-order chi connectivity index (χ1) is 9.39. The third kappa shape index (κ3) is 6.35. The number of rotatable bonds is 8. The Morgan fingerprint density at radius 3 is 2.40 bits per heavy atom. The summed E-state index contributed by atoms with van der Waals surface area (Å²) in [4.78, 5) is 10.3. The Morgan fingerprint density at radius 1 is 1.15 bits per heavy atom. The first-order valence-electron chi connectivity index (χ1n) is 6.26. The van der Waals surface area contributed by atoms with E-state index in [9.17, 15) is 18.0 Å². The number of hydrogen-bond acceptors (Lipinski definition) is 4. The first-order valence-corrected chi connectivity index (χ1v) is 6.26. The number of hydrogen-bond donors (Lipinski definition) is 2. The number of aromatic nitrogens is 2. The molecule has 0 bridgehead atoms. The van der Waals surface area contributed by atoms with E-state index < -0.39 is 17.8 Å². The number of nitrogens with one attached hydrogen (secondary N) is 1. The van der Waals surface area contributed by atoms with Crippen molar-refractivity contribution in [2.24, 2.45) is 0 Å². The van der Waals surface area contributed by atoms with Gasteiger partial charge in [-0.05, 0) is 25.0 Å². The summed E-state index contributed by atoms with van der Waals surface area (Å²) in [6.45, 7) is 0.563. The molecule has 0 saturated carbocycles. The summed E-state index contributed by atoms with van der Waals surface area (Å²) in [5, 5.41) is 17.8. The van der Waals surface area contributed by atoms with Crippen LogP contribution in [-0.4, -0.2) is 27.8 Å². The van der Waals surface area contributed by atoms with Crippen LogP contribution in [0.2, 0.25) is 0 Å². The van der Waals surface area contributed by atoms with Gasteiger partial charge < -0.3 is 10.4 Å². The van der Waals surface area contributed by atoms with Gasteiger partial charge in [-0.15, -0.1) is 10.2 Å². The maximum Gasteiger partial charge on any atom is 0.435 e. The second-order valence-electron chi connectivity index (χ2n) is 4.29. The minimum absolute atomic E-state index is 0.164. The average molecular weight is 291 g/mol. The number of carboxylic acids is 1. The summed E-state index contributed by atoms with van der Waals surface area (Å²) >= 11 is 0. The van der Waals surface area contributed by atoms with Gasteiger partial charge in [-0.1, -0.05) is 12.8 Å². The van der Waals surface area contributed by atoms with E-state index in [0.29, 0.717) is 18.8 Å². The molecule has 0 amide bonds. The molecule has 0 aliphatic carbocycles. The van der Waals surface area contributed by atoms with Gasteiger partial charge >= 0.3 is 12.1 Å². The van der Waals surface area contributed by atoms with Gasteiger partial charge in [0.15, 0.2) is 5.69 Å². The van der Waals surface area contributed by atoms with Crippen molar-refractivity contribution in [1.82, 2.24) is 10.2 Å². The lowest BCUT2D eigenvalue weighted by molar-refractivity contribution is -0.141. The van der Waals surface area contributed by atoms with Crippen LogP contribution >= 0.6 is 0 Å². The fourth-order valence-corrected chi connectivity index (χ4v) is 1.55. The first kappa shape index (κ1) is 16.2. The summed E-state index contributed by atoms with van der Waals surface area (Å²) in [5.74, 6) is -0.508. The Kier molecular flexibility index (Phi) is 6.20. The SMILES string of the molecule is O=C(O)CCCCCCNc1ccc(C(F)(F)F)nn1. The molecule has 1 aromatic rings. The second-order valence-corrected chi connectivity index (χ2v) is 4.29. The van der Waals surface area contributed by atoms with Gasteiger partial charge in [0.2, 0.25) is 0 Å². The van der Waals surface area contributed by atoms with Gasteiger partial charge in [-0.3, -0.25) is 4.79 Å². The highest BCUT2D eigenvalue weighted by Gasteiger charge is 2.32. The Labute approximate surface area is 114 Å². The van der Waals surface area contributed by atoms with Crippen LogP contribution < -0.4 is 5.32 Å². The van der Waals surface area contributed by atoms with Gasteiger partial charge in [0.05, 0.1) is 0 Å². The van der Waals surface area contributed by atoms with Crippen LogP contribution in [-0.2, 0) is 11.0 Å². The van der Waals surface area contributed by atoms with E-state index >= 15 is 0 Å². The molecule has 20 heavy (non-hydrogen) atoms. The Hall–Kier alpha value is -1.86. The second kappa shape index (κ2) is 7.66. The molecular formula is C12H16F3N3O2. The van der Waals surface area contributed by atoms with Gasteiger partial charge in [-0.25, -0.2) is 0 Å². The number of alkyl halides is 3. The van der Waals surface area contributed by atoms with Crippen molar-refractivity contribution in [2.75, 3.05) is 11.9 Å². The monoisotopic (exact) mass is 291 g/mol. The lowest BCUT2D eigenvalue weighted by Crippen LogP contribution is -2.11. The molecule has 1 heterocycles. The summed E-state index contributed by atoms with van der Waals surface area (Å²) < 4.78 is 36.7. The highest BCUT2D eigenvalue weighted by Crippen LogP contribution is 2.26. The van der Waals surface area contributed by atoms with E-state index in [4.69, 9.17) is 5.11 Å². The molecule has 2 N–H and O–H groups in total. The van der Waals surface area contributed by atoms with Crippen molar-refractivity contribution >= 4 is 11.8 Å². The topological polar surface area (TPSA) is 75.1 Å². The van der Waals surface area contributed by atoms with Crippen molar-refractivity contribution in [3.63, 3.8) is 0 Å². The highest BCUT2D eigenvalue weighted by molar-refractivity contribution is 5.66. The normalized spacial score (nSPS) is 11.3. The van der Waals surface area contributed by atoms with Gasteiger partial charge in [0.25, 0.3) is 0 Å². The van der Waals surface area contributed by atoms with E-state index in [1.54, 1.807) is 0 Å². The van der Waals surface area contributed by atoms with Gasteiger partial charge in [-0.2, -0.15) is 13.2 Å². The smallest absolute Gasteiger partial charge is 0.435 e.